The summed E-state index contributed by atoms with van der Waals surface area (Å²) in [6.07, 6.45) is 1.45. The molecule has 2 aromatic carbocycles. The Hall–Kier alpha value is -3.78. The molecular formula is C26H28N6O3S. The second-order valence-corrected chi connectivity index (χ2v) is 10.6. The van der Waals surface area contributed by atoms with Gasteiger partial charge in [-0.2, -0.15) is 18.0 Å². The van der Waals surface area contributed by atoms with Crippen molar-refractivity contribution in [1.29, 1.82) is 5.26 Å². The van der Waals surface area contributed by atoms with Gasteiger partial charge in [-0.05, 0) is 41.3 Å². The van der Waals surface area contributed by atoms with Gasteiger partial charge in [0.15, 0.2) is 0 Å². The van der Waals surface area contributed by atoms with E-state index in [4.69, 9.17) is 5.26 Å². The van der Waals surface area contributed by atoms with Gasteiger partial charge in [0.2, 0.25) is 5.91 Å². The summed E-state index contributed by atoms with van der Waals surface area (Å²) >= 11 is 0. The zero-order valence-electron chi connectivity index (χ0n) is 20.1. The van der Waals surface area contributed by atoms with Crippen LogP contribution < -0.4 is 14.9 Å². The number of hydrogen-bond donors (Lipinski definition) is 2. The molecule has 0 unspecified atom stereocenters. The molecule has 9 nitrogen and oxygen atoms in total. The van der Waals surface area contributed by atoms with Crippen molar-refractivity contribution in [2.45, 2.75) is 18.9 Å². The van der Waals surface area contributed by atoms with Gasteiger partial charge in [-0.3, -0.25) is 9.10 Å². The molecule has 186 valence electrons. The van der Waals surface area contributed by atoms with E-state index in [-0.39, 0.29) is 11.8 Å². The van der Waals surface area contributed by atoms with Gasteiger partial charge in [-0.25, -0.2) is 4.98 Å². The van der Waals surface area contributed by atoms with Crippen molar-refractivity contribution in [2.75, 3.05) is 36.3 Å². The number of anilines is 2. The molecule has 36 heavy (non-hydrogen) atoms. The second-order valence-electron chi connectivity index (χ2n) is 8.68. The van der Waals surface area contributed by atoms with Crippen LogP contribution in [-0.2, 0) is 15.0 Å². The first-order valence-corrected chi connectivity index (χ1v) is 13.0. The highest BCUT2D eigenvalue weighted by Gasteiger charge is 2.34. The molecule has 1 fully saturated rings. The van der Waals surface area contributed by atoms with Crippen molar-refractivity contribution >= 4 is 27.6 Å². The van der Waals surface area contributed by atoms with E-state index >= 15 is 0 Å². The minimum absolute atomic E-state index is 0.106. The van der Waals surface area contributed by atoms with Crippen LogP contribution in [0.5, 0.6) is 0 Å². The molecular weight excluding hydrogens is 476 g/mol. The molecule has 1 saturated heterocycles. The zero-order valence-corrected chi connectivity index (χ0v) is 20.9. The highest BCUT2D eigenvalue weighted by atomic mass is 32.2. The van der Waals surface area contributed by atoms with Crippen molar-refractivity contribution in [3.8, 4) is 6.07 Å². The summed E-state index contributed by atoms with van der Waals surface area (Å²) in [5.41, 5.74) is 2.93. The molecule has 1 aliphatic rings. The van der Waals surface area contributed by atoms with Gasteiger partial charge in [0, 0.05) is 26.7 Å². The van der Waals surface area contributed by atoms with Gasteiger partial charge < -0.3 is 10.6 Å². The predicted molar refractivity (Wildman–Crippen MR) is 139 cm³/mol. The summed E-state index contributed by atoms with van der Waals surface area (Å²) in [6, 6.07) is 21.6. The first kappa shape index (κ1) is 25.3. The first-order chi connectivity index (χ1) is 17.3. The number of nitrogens with zero attached hydrogens (tertiary/aromatic N) is 4. The average Bonchev–Trinajstić information content (AvgIpc) is 3.17. The summed E-state index contributed by atoms with van der Waals surface area (Å²) < 4.78 is 27.4. The fourth-order valence-corrected chi connectivity index (χ4v) is 5.34. The predicted octanol–water partition coefficient (Wildman–Crippen LogP) is 3.02. The third-order valence-corrected chi connectivity index (χ3v) is 8.13. The quantitative estimate of drug-likeness (QED) is 0.487. The van der Waals surface area contributed by atoms with E-state index in [1.54, 1.807) is 24.3 Å². The van der Waals surface area contributed by atoms with Gasteiger partial charge in [-0.1, -0.05) is 49.4 Å². The van der Waals surface area contributed by atoms with Gasteiger partial charge in [0.25, 0.3) is 0 Å². The van der Waals surface area contributed by atoms with Crippen LogP contribution in [-0.4, -0.2) is 50.3 Å². The fourth-order valence-electron chi connectivity index (χ4n) is 4.00. The Morgan fingerprint density at radius 2 is 1.78 bits per heavy atom. The molecule has 10 heteroatoms. The number of amides is 1. The van der Waals surface area contributed by atoms with Crippen molar-refractivity contribution < 1.29 is 13.2 Å². The van der Waals surface area contributed by atoms with Crippen molar-refractivity contribution in [3.05, 3.63) is 89.6 Å². The molecule has 1 amide bonds. The highest BCUT2D eigenvalue weighted by molar-refractivity contribution is 7.90. The van der Waals surface area contributed by atoms with Crippen LogP contribution in [0.4, 0.5) is 11.5 Å². The Bertz CT molecular complexity index is 1340. The number of carbonyl (C=O) groups excluding carboxylic acids is 1. The molecule has 0 aliphatic carbocycles. The van der Waals surface area contributed by atoms with Crippen LogP contribution in [0.1, 0.15) is 35.6 Å². The van der Waals surface area contributed by atoms with Crippen LogP contribution in [0.25, 0.3) is 0 Å². The van der Waals surface area contributed by atoms with Crippen LogP contribution in [0, 0.1) is 11.3 Å². The maximum absolute atomic E-state index is 13.3. The lowest BCUT2D eigenvalue weighted by Gasteiger charge is -2.22. The van der Waals surface area contributed by atoms with Gasteiger partial charge in [-0.15, -0.1) is 0 Å². The lowest BCUT2D eigenvalue weighted by molar-refractivity contribution is -0.118. The van der Waals surface area contributed by atoms with Gasteiger partial charge >= 0.3 is 10.2 Å². The molecule has 3 aromatic rings. The number of aromatic nitrogens is 1. The molecule has 2 N–H and O–H groups in total. The summed E-state index contributed by atoms with van der Waals surface area (Å²) in [5, 5.41) is 15.2. The number of benzene rings is 2. The number of rotatable bonds is 8. The molecule has 0 bridgehead atoms. The molecule has 0 radical (unpaired) electrons. The molecule has 2 heterocycles. The first-order valence-electron chi connectivity index (χ1n) is 11.6. The summed E-state index contributed by atoms with van der Waals surface area (Å²) in [5.74, 6) is 0.160. The monoisotopic (exact) mass is 504 g/mol. The molecule has 1 aromatic heterocycles. The largest absolute Gasteiger partial charge is 0.309 e. The number of carbonyl (C=O) groups is 1. The van der Waals surface area contributed by atoms with Crippen LogP contribution in [0.3, 0.4) is 0 Å². The Kier molecular flexibility index (Phi) is 7.64. The number of likely N-dealkylation sites (N-methyl/N-ethyl adjacent to an activating group) is 1. The fraction of sp³-hybridized carbons (Fsp3) is 0.269. The molecule has 0 saturated carbocycles. The topological polar surface area (TPSA) is 118 Å². The van der Waals surface area contributed by atoms with E-state index in [1.165, 1.54) is 21.9 Å². The van der Waals surface area contributed by atoms with Crippen LogP contribution in [0.2, 0.25) is 0 Å². The molecule has 4 rings (SSSR count). The second kappa shape index (κ2) is 10.9. The SMILES string of the molecule is C[C@@H](CN[C@@H](C(=O)Nc1ccc(N2CCN(C)S2(=O)=O)cn1)c1ccccc1)c1ccc(C#N)cc1. The Morgan fingerprint density at radius 1 is 1.06 bits per heavy atom. The third-order valence-electron chi connectivity index (χ3n) is 6.21. The van der Waals surface area contributed by atoms with E-state index in [2.05, 4.69) is 28.6 Å². The highest BCUT2D eigenvalue weighted by Crippen LogP contribution is 2.25. The number of pyridine rings is 1. The number of nitriles is 1. The van der Waals surface area contributed by atoms with Gasteiger partial charge in [0.05, 0.1) is 23.5 Å². The van der Waals surface area contributed by atoms with Gasteiger partial charge in [0.1, 0.15) is 11.9 Å². The normalized spacial score (nSPS) is 16.8. The summed E-state index contributed by atoms with van der Waals surface area (Å²) in [7, 11) is -2.00. The zero-order chi connectivity index (χ0) is 25.7. The standard InChI is InChI=1S/C26H28N6O3S/c1-19(21-10-8-20(16-27)9-11-21)17-29-25(22-6-4-3-5-7-22)26(33)30-24-13-12-23(18-28-24)32-15-14-31(2)36(32,34)35/h3-13,18-19,25,29H,14-15,17H2,1-2H3,(H,28,30,33)/t19-,25+/m0/s1. The van der Waals surface area contributed by atoms with E-state index in [1.807, 2.05) is 42.5 Å². The smallest absolute Gasteiger partial charge is 0.303 e. The average molecular weight is 505 g/mol. The third kappa shape index (κ3) is 5.54. The Morgan fingerprint density at radius 3 is 2.36 bits per heavy atom. The van der Waals surface area contributed by atoms with Crippen LogP contribution in [0.15, 0.2) is 72.9 Å². The van der Waals surface area contributed by atoms with E-state index in [9.17, 15) is 13.2 Å². The minimum atomic E-state index is -3.53. The summed E-state index contributed by atoms with van der Waals surface area (Å²) in [6.45, 7) is 3.35. The number of nitrogens with one attached hydrogen (secondary N) is 2. The van der Waals surface area contributed by atoms with E-state index in [0.29, 0.717) is 36.7 Å². The molecule has 2 atom stereocenters. The lowest BCUT2D eigenvalue weighted by atomic mass is 9.98. The van der Waals surface area contributed by atoms with E-state index < -0.39 is 16.3 Å². The molecule has 0 spiro atoms. The molecule has 1 aliphatic heterocycles. The van der Waals surface area contributed by atoms with Crippen molar-refractivity contribution in [2.24, 2.45) is 0 Å². The Balaban J connectivity index is 1.46. The Labute approximate surface area is 211 Å². The van der Waals surface area contributed by atoms with Crippen LogP contribution >= 0.6 is 0 Å². The number of hydrogen-bond acceptors (Lipinski definition) is 6. The van der Waals surface area contributed by atoms with Crippen molar-refractivity contribution in [1.82, 2.24) is 14.6 Å². The minimum Gasteiger partial charge on any atom is -0.309 e. The summed E-state index contributed by atoms with van der Waals surface area (Å²) in [4.78, 5) is 17.5. The maximum Gasteiger partial charge on any atom is 0.303 e. The van der Waals surface area contributed by atoms with E-state index in [0.717, 1.165) is 11.1 Å². The lowest BCUT2D eigenvalue weighted by Crippen LogP contribution is -2.35. The maximum atomic E-state index is 13.3. The van der Waals surface area contributed by atoms with Crippen molar-refractivity contribution in [3.63, 3.8) is 0 Å².